The van der Waals surface area contributed by atoms with Crippen LogP contribution in [0.3, 0.4) is 0 Å². The van der Waals surface area contributed by atoms with Crippen LogP contribution >= 0.6 is 11.6 Å². The Morgan fingerprint density at radius 1 is 1.45 bits per heavy atom. The minimum Gasteiger partial charge on any atom is -0.145 e. The first-order valence-electron chi connectivity index (χ1n) is 3.30. The number of benzene rings is 1. The molecule has 1 nitrogen and oxygen atoms in total. The Balaban J connectivity index is 2.78. The summed E-state index contributed by atoms with van der Waals surface area (Å²) >= 11 is 5.77. The van der Waals surface area contributed by atoms with Gasteiger partial charge in [0.05, 0.1) is 6.54 Å². The summed E-state index contributed by atoms with van der Waals surface area (Å²) < 4.78 is 12.3. The maximum absolute atomic E-state index is 12.3. The summed E-state index contributed by atoms with van der Waals surface area (Å²) in [6.07, 6.45) is 0. The second kappa shape index (κ2) is 3.69. The van der Waals surface area contributed by atoms with E-state index in [1.54, 1.807) is 12.1 Å². The van der Waals surface area contributed by atoms with Gasteiger partial charge in [0.15, 0.2) is 0 Å². The minimum absolute atomic E-state index is 0.236. The van der Waals surface area contributed by atoms with Gasteiger partial charge in [-0.3, -0.25) is 0 Å². The molecule has 60 valence electrons. The highest BCUT2D eigenvalue weighted by atomic mass is 35.5. The van der Waals surface area contributed by atoms with Gasteiger partial charge in [0.1, 0.15) is 0 Å². The highest BCUT2D eigenvalue weighted by Gasteiger charge is 2.00. The van der Waals surface area contributed by atoms with Crippen molar-refractivity contribution in [2.75, 3.05) is 7.05 Å². The van der Waals surface area contributed by atoms with E-state index in [1.165, 1.54) is 7.05 Å². The van der Waals surface area contributed by atoms with E-state index < -0.39 is 0 Å². The van der Waals surface area contributed by atoms with Gasteiger partial charge in [-0.05, 0) is 11.6 Å². The Morgan fingerprint density at radius 3 is 2.64 bits per heavy atom. The van der Waals surface area contributed by atoms with Crippen LogP contribution in [0.25, 0.3) is 0 Å². The number of hydrogen-bond acceptors (Lipinski definition) is 1. The van der Waals surface area contributed by atoms with E-state index >= 15 is 0 Å². The molecular weight excluding hydrogens is 165 g/mol. The molecule has 0 saturated carbocycles. The lowest BCUT2D eigenvalue weighted by atomic mass is 10.2. The molecule has 1 aromatic rings. The fraction of sp³-hybridized carbons (Fsp3) is 0.250. The van der Waals surface area contributed by atoms with Crippen LogP contribution < -0.4 is 0 Å². The molecule has 3 heteroatoms. The van der Waals surface area contributed by atoms with Gasteiger partial charge in [-0.1, -0.05) is 29.8 Å². The second-order valence-electron chi connectivity index (χ2n) is 2.35. The molecule has 0 amide bonds. The van der Waals surface area contributed by atoms with Crippen LogP contribution in [0.1, 0.15) is 5.56 Å². The summed E-state index contributed by atoms with van der Waals surface area (Å²) in [5.41, 5.74) is 0.805. The monoisotopic (exact) mass is 173 g/mol. The quantitative estimate of drug-likeness (QED) is 0.622. The average Bonchev–Trinajstić information content (AvgIpc) is 1.93. The van der Waals surface area contributed by atoms with Crippen LogP contribution in [0, 0.1) is 0 Å². The van der Waals surface area contributed by atoms with Crippen LogP contribution in [0.15, 0.2) is 24.3 Å². The van der Waals surface area contributed by atoms with Crippen molar-refractivity contribution in [3.63, 3.8) is 0 Å². The molecule has 0 saturated heterocycles. The minimum atomic E-state index is 0.236. The molecule has 0 N–H and O–H groups in total. The van der Waals surface area contributed by atoms with Crippen molar-refractivity contribution < 1.29 is 4.48 Å². The molecule has 0 aliphatic rings. The first-order valence-corrected chi connectivity index (χ1v) is 3.68. The number of halogens is 2. The first-order chi connectivity index (χ1) is 5.20. The average molecular weight is 174 g/mol. The molecule has 0 fully saturated rings. The lowest BCUT2D eigenvalue weighted by Crippen LogP contribution is -2.05. The van der Waals surface area contributed by atoms with Gasteiger partial charge >= 0.3 is 0 Å². The second-order valence-corrected chi connectivity index (χ2v) is 2.76. The third-order valence-corrected chi connectivity index (χ3v) is 1.71. The van der Waals surface area contributed by atoms with Crippen molar-refractivity contribution in [2.45, 2.75) is 6.54 Å². The topological polar surface area (TPSA) is 3.24 Å². The number of rotatable bonds is 2. The Morgan fingerprint density at radius 2 is 2.09 bits per heavy atom. The molecule has 0 bridgehead atoms. The van der Waals surface area contributed by atoms with Crippen molar-refractivity contribution in [2.24, 2.45) is 0 Å². The summed E-state index contributed by atoms with van der Waals surface area (Å²) in [5, 5.41) is 1.21. The highest BCUT2D eigenvalue weighted by Crippen LogP contribution is 2.16. The Kier molecular flexibility index (Phi) is 2.85. The Hall–Kier alpha value is -0.600. The molecule has 0 heterocycles. The Labute approximate surface area is 70.3 Å². The zero-order valence-corrected chi connectivity index (χ0v) is 6.98. The molecule has 1 aromatic carbocycles. The smallest absolute Gasteiger partial charge is 0.0552 e. The lowest BCUT2D eigenvalue weighted by molar-refractivity contribution is 0.0506. The third kappa shape index (κ3) is 2.48. The van der Waals surface area contributed by atoms with E-state index in [9.17, 15) is 4.48 Å². The molecule has 0 spiro atoms. The summed E-state index contributed by atoms with van der Waals surface area (Å²) in [6, 6.07) is 7.22. The molecule has 0 aliphatic carbocycles. The molecule has 0 aromatic heterocycles. The van der Waals surface area contributed by atoms with Crippen molar-refractivity contribution in [1.29, 1.82) is 0 Å². The molecular formula is C8H9ClFN. The first kappa shape index (κ1) is 8.50. The summed E-state index contributed by atoms with van der Waals surface area (Å²) in [6.45, 7) is 0.236. The van der Waals surface area contributed by atoms with E-state index in [0.29, 0.717) is 10.1 Å². The predicted octanol–water partition coefficient (Wildman–Crippen LogP) is 2.66. The fourth-order valence-corrected chi connectivity index (χ4v) is 1.06. The molecule has 11 heavy (non-hydrogen) atoms. The SMILES string of the molecule is CN(F)Cc1ccccc1Cl. The largest absolute Gasteiger partial charge is 0.145 e. The van der Waals surface area contributed by atoms with Gasteiger partial charge in [-0.2, -0.15) is 0 Å². The predicted molar refractivity (Wildman–Crippen MR) is 44.0 cm³/mol. The van der Waals surface area contributed by atoms with Gasteiger partial charge in [0, 0.05) is 12.1 Å². The van der Waals surface area contributed by atoms with Crippen molar-refractivity contribution in [1.82, 2.24) is 5.12 Å². The van der Waals surface area contributed by atoms with Gasteiger partial charge in [-0.15, -0.1) is 9.60 Å². The highest BCUT2D eigenvalue weighted by molar-refractivity contribution is 6.31. The third-order valence-electron chi connectivity index (χ3n) is 1.35. The summed E-state index contributed by atoms with van der Waals surface area (Å²) in [4.78, 5) is 0. The van der Waals surface area contributed by atoms with E-state index in [2.05, 4.69) is 0 Å². The molecule has 0 radical (unpaired) electrons. The van der Waals surface area contributed by atoms with Gasteiger partial charge in [-0.25, -0.2) is 0 Å². The zero-order chi connectivity index (χ0) is 8.27. The maximum atomic E-state index is 12.3. The van der Waals surface area contributed by atoms with Gasteiger partial charge < -0.3 is 0 Å². The van der Waals surface area contributed by atoms with E-state index in [4.69, 9.17) is 11.6 Å². The Bertz CT molecular complexity index is 237. The molecule has 0 atom stereocenters. The van der Waals surface area contributed by atoms with Crippen LogP contribution in [0.2, 0.25) is 5.02 Å². The summed E-state index contributed by atoms with van der Waals surface area (Å²) in [5.74, 6) is 0. The van der Waals surface area contributed by atoms with Crippen molar-refractivity contribution in [3.8, 4) is 0 Å². The molecule has 0 aliphatic heterocycles. The van der Waals surface area contributed by atoms with Crippen molar-refractivity contribution in [3.05, 3.63) is 34.9 Å². The van der Waals surface area contributed by atoms with Crippen LogP contribution in [-0.2, 0) is 6.54 Å². The normalized spacial score (nSPS) is 10.5. The number of hydrogen-bond donors (Lipinski definition) is 0. The standard InChI is InChI=1S/C8H9ClFN/c1-11(10)6-7-4-2-3-5-8(7)9/h2-5H,6H2,1H3. The molecule has 0 unspecified atom stereocenters. The maximum Gasteiger partial charge on any atom is 0.0552 e. The summed E-state index contributed by atoms with van der Waals surface area (Å²) in [7, 11) is 1.36. The van der Waals surface area contributed by atoms with E-state index in [1.807, 2.05) is 12.1 Å². The van der Waals surface area contributed by atoms with Crippen LogP contribution in [-0.4, -0.2) is 12.2 Å². The van der Waals surface area contributed by atoms with Gasteiger partial charge in [0.2, 0.25) is 0 Å². The fourth-order valence-electron chi connectivity index (χ4n) is 0.861. The lowest BCUT2D eigenvalue weighted by Gasteiger charge is -2.05. The van der Waals surface area contributed by atoms with Crippen molar-refractivity contribution >= 4 is 11.6 Å². The zero-order valence-electron chi connectivity index (χ0n) is 6.22. The van der Waals surface area contributed by atoms with Crippen LogP contribution in [0.5, 0.6) is 0 Å². The number of nitrogens with zero attached hydrogens (tertiary/aromatic N) is 1. The van der Waals surface area contributed by atoms with Crippen LogP contribution in [0.4, 0.5) is 4.48 Å². The van der Waals surface area contributed by atoms with Gasteiger partial charge in [0.25, 0.3) is 0 Å². The van der Waals surface area contributed by atoms with E-state index in [0.717, 1.165) is 5.56 Å². The van der Waals surface area contributed by atoms with E-state index in [-0.39, 0.29) is 6.54 Å². The molecule has 1 rings (SSSR count).